The topological polar surface area (TPSA) is 61.4 Å². The van der Waals surface area contributed by atoms with E-state index in [9.17, 15) is 4.79 Å². The highest BCUT2D eigenvalue weighted by molar-refractivity contribution is 7.09. The molecule has 0 spiro atoms. The summed E-state index contributed by atoms with van der Waals surface area (Å²) in [6.07, 6.45) is 2.50. The molecule has 1 N–H and O–H groups in total. The van der Waals surface area contributed by atoms with Crippen molar-refractivity contribution in [3.63, 3.8) is 0 Å². The molecule has 0 radical (unpaired) electrons. The molecule has 3 fully saturated rings. The van der Waals surface area contributed by atoms with E-state index in [0.29, 0.717) is 18.5 Å². The Kier molecular flexibility index (Phi) is 2.70. The third-order valence-corrected chi connectivity index (χ3v) is 4.88. The number of amides is 1. The van der Waals surface area contributed by atoms with Crippen molar-refractivity contribution < 1.29 is 4.79 Å². The number of carbonyl (C=O) groups excluding carboxylic acids is 1. The van der Waals surface area contributed by atoms with Gasteiger partial charge >= 0.3 is 0 Å². The van der Waals surface area contributed by atoms with E-state index in [1.54, 1.807) is 0 Å². The first-order chi connectivity index (χ1) is 9.29. The Balaban J connectivity index is 1.34. The Morgan fingerprint density at radius 3 is 2.89 bits per heavy atom. The summed E-state index contributed by atoms with van der Waals surface area (Å²) in [4.78, 5) is 20.5. The molecule has 102 valence electrons. The van der Waals surface area contributed by atoms with Crippen LogP contribution in [0.3, 0.4) is 0 Å². The second kappa shape index (κ2) is 4.42. The van der Waals surface area contributed by atoms with Crippen molar-refractivity contribution in [3.8, 4) is 0 Å². The fourth-order valence-corrected chi connectivity index (χ4v) is 3.44. The zero-order valence-corrected chi connectivity index (χ0v) is 11.5. The van der Waals surface area contributed by atoms with Crippen LogP contribution >= 0.6 is 11.5 Å². The molecule has 0 aromatic carbocycles. The molecule has 0 unspecified atom stereocenters. The largest absolute Gasteiger partial charge is 0.354 e. The molecule has 3 heterocycles. The average Bonchev–Trinajstić information content (AvgIpc) is 3.08. The van der Waals surface area contributed by atoms with Crippen LogP contribution in [0.1, 0.15) is 24.6 Å². The van der Waals surface area contributed by atoms with E-state index in [4.69, 9.17) is 0 Å². The molecule has 19 heavy (non-hydrogen) atoms. The predicted octanol–water partition coefficient (Wildman–Crippen LogP) is 0.0359. The van der Waals surface area contributed by atoms with E-state index in [2.05, 4.69) is 24.5 Å². The molecule has 6 nitrogen and oxygen atoms in total. The third kappa shape index (κ3) is 2.21. The molecule has 1 aromatic heterocycles. The minimum Gasteiger partial charge on any atom is -0.354 e. The summed E-state index contributed by atoms with van der Waals surface area (Å²) < 4.78 is 4.44. The van der Waals surface area contributed by atoms with Crippen LogP contribution in [0.15, 0.2) is 0 Å². The van der Waals surface area contributed by atoms with Gasteiger partial charge in [0.25, 0.3) is 0 Å². The van der Waals surface area contributed by atoms with E-state index >= 15 is 0 Å². The molecule has 0 bridgehead atoms. The van der Waals surface area contributed by atoms with Crippen LogP contribution in [0.4, 0.5) is 5.13 Å². The van der Waals surface area contributed by atoms with Crippen LogP contribution in [0.5, 0.6) is 0 Å². The van der Waals surface area contributed by atoms with Crippen molar-refractivity contribution in [2.45, 2.75) is 24.8 Å². The van der Waals surface area contributed by atoms with E-state index in [0.717, 1.165) is 37.1 Å². The lowest BCUT2D eigenvalue weighted by Gasteiger charge is -2.46. The van der Waals surface area contributed by atoms with Gasteiger partial charge in [-0.05, 0) is 12.8 Å². The lowest BCUT2D eigenvalue weighted by Crippen LogP contribution is -2.63. The van der Waals surface area contributed by atoms with Gasteiger partial charge in [0.15, 0.2) is 0 Å². The van der Waals surface area contributed by atoms with E-state index in [-0.39, 0.29) is 5.91 Å². The van der Waals surface area contributed by atoms with Crippen molar-refractivity contribution in [2.24, 2.45) is 0 Å². The molecule has 4 rings (SSSR count). The zero-order chi connectivity index (χ0) is 12.8. The van der Waals surface area contributed by atoms with Crippen LogP contribution in [-0.2, 0) is 4.79 Å². The molecule has 0 atom stereocenters. The summed E-state index contributed by atoms with van der Waals surface area (Å²) in [5.41, 5.74) is 0. The Labute approximate surface area is 116 Å². The number of nitrogens with zero attached hydrogens (tertiary/aromatic N) is 4. The molecule has 7 heteroatoms. The predicted molar refractivity (Wildman–Crippen MR) is 72.5 cm³/mol. The number of piperazine rings is 1. The normalized spacial score (nSPS) is 25.3. The van der Waals surface area contributed by atoms with Crippen LogP contribution in [0, 0.1) is 0 Å². The highest BCUT2D eigenvalue weighted by Crippen LogP contribution is 2.40. The fourth-order valence-electron chi connectivity index (χ4n) is 2.67. The Morgan fingerprint density at radius 1 is 1.32 bits per heavy atom. The van der Waals surface area contributed by atoms with E-state index in [1.807, 2.05) is 0 Å². The average molecular weight is 279 g/mol. The molecular weight excluding hydrogens is 262 g/mol. The van der Waals surface area contributed by atoms with Gasteiger partial charge in [0.05, 0.1) is 6.54 Å². The first-order valence-corrected chi connectivity index (χ1v) is 7.66. The maximum Gasteiger partial charge on any atom is 0.234 e. The number of rotatable bonds is 3. The highest BCUT2D eigenvalue weighted by Gasteiger charge is 2.36. The van der Waals surface area contributed by atoms with Crippen molar-refractivity contribution in [3.05, 3.63) is 5.82 Å². The van der Waals surface area contributed by atoms with Gasteiger partial charge in [-0.15, -0.1) is 0 Å². The monoisotopic (exact) mass is 279 g/mol. The fraction of sp³-hybridized carbons (Fsp3) is 0.750. The smallest absolute Gasteiger partial charge is 0.234 e. The number of carbonyl (C=O) groups is 1. The summed E-state index contributed by atoms with van der Waals surface area (Å²) in [6.45, 7) is 4.24. The lowest BCUT2D eigenvalue weighted by atomic mass is 10.1. The summed E-state index contributed by atoms with van der Waals surface area (Å²) in [6, 6.07) is 0.499. The minimum atomic E-state index is 0.150. The van der Waals surface area contributed by atoms with Crippen LogP contribution < -0.4 is 10.2 Å². The second-order valence-electron chi connectivity index (χ2n) is 5.59. The number of nitrogens with one attached hydrogen (secondary N) is 1. The molecule has 2 saturated heterocycles. The molecule has 1 amide bonds. The molecule has 1 saturated carbocycles. The van der Waals surface area contributed by atoms with Gasteiger partial charge in [0, 0.05) is 49.7 Å². The highest BCUT2D eigenvalue weighted by atomic mass is 32.1. The SMILES string of the molecule is O=C1CN(C2CN(c3nc(C4CC4)ns3)C2)CCN1. The molecular formula is C12H17N5OS. The van der Waals surface area contributed by atoms with Gasteiger partial charge in [0.1, 0.15) is 5.82 Å². The minimum absolute atomic E-state index is 0.150. The summed E-state index contributed by atoms with van der Waals surface area (Å²) in [5.74, 6) is 1.82. The number of hydrogen-bond acceptors (Lipinski definition) is 6. The number of anilines is 1. The molecule has 2 aliphatic heterocycles. The summed E-state index contributed by atoms with van der Waals surface area (Å²) >= 11 is 1.52. The molecule has 3 aliphatic rings. The van der Waals surface area contributed by atoms with E-state index in [1.165, 1.54) is 24.4 Å². The van der Waals surface area contributed by atoms with E-state index < -0.39 is 0 Å². The number of aromatic nitrogens is 2. The Morgan fingerprint density at radius 2 is 2.16 bits per heavy atom. The van der Waals surface area contributed by atoms with Gasteiger partial charge in [-0.1, -0.05) is 0 Å². The Bertz CT molecular complexity index is 494. The lowest BCUT2D eigenvalue weighted by molar-refractivity contribution is -0.125. The Hall–Kier alpha value is -1.21. The maximum atomic E-state index is 11.4. The first kappa shape index (κ1) is 11.6. The second-order valence-corrected chi connectivity index (χ2v) is 6.32. The van der Waals surface area contributed by atoms with Gasteiger partial charge in [-0.2, -0.15) is 4.37 Å². The van der Waals surface area contributed by atoms with Crippen LogP contribution in [-0.4, -0.2) is 58.9 Å². The number of hydrogen-bond donors (Lipinski definition) is 1. The van der Waals surface area contributed by atoms with Gasteiger partial charge in [0.2, 0.25) is 11.0 Å². The maximum absolute atomic E-state index is 11.4. The van der Waals surface area contributed by atoms with Gasteiger partial charge in [-0.25, -0.2) is 4.98 Å². The quantitative estimate of drug-likeness (QED) is 0.846. The van der Waals surface area contributed by atoms with Crippen molar-refractivity contribution in [2.75, 3.05) is 37.6 Å². The first-order valence-electron chi connectivity index (χ1n) is 6.89. The molecule has 1 aromatic rings. The molecule has 1 aliphatic carbocycles. The van der Waals surface area contributed by atoms with Gasteiger partial charge in [-0.3, -0.25) is 9.69 Å². The zero-order valence-electron chi connectivity index (χ0n) is 10.7. The van der Waals surface area contributed by atoms with Crippen molar-refractivity contribution in [1.29, 1.82) is 0 Å². The standard InChI is InChI=1S/C12H17N5OS/c18-10-7-16(4-3-13-10)9-5-17(6-9)12-14-11(15-19-12)8-1-2-8/h8-9H,1-7H2,(H,13,18). The summed E-state index contributed by atoms with van der Waals surface area (Å²) in [5, 5.41) is 3.92. The van der Waals surface area contributed by atoms with Crippen LogP contribution in [0.2, 0.25) is 0 Å². The van der Waals surface area contributed by atoms with Crippen LogP contribution in [0.25, 0.3) is 0 Å². The van der Waals surface area contributed by atoms with Gasteiger partial charge < -0.3 is 10.2 Å². The van der Waals surface area contributed by atoms with Crippen molar-refractivity contribution in [1.82, 2.24) is 19.6 Å². The third-order valence-electron chi connectivity index (χ3n) is 4.09. The summed E-state index contributed by atoms with van der Waals surface area (Å²) in [7, 11) is 0. The van der Waals surface area contributed by atoms with Crippen molar-refractivity contribution >= 4 is 22.6 Å².